The van der Waals surface area contributed by atoms with Crippen molar-refractivity contribution in [1.29, 1.82) is 0 Å². The molecule has 0 unspecified atom stereocenters. The first-order valence-electron chi connectivity index (χ1n) is 5.80. The van der Waals surface area contributed by atoms with Crippen LogP contribution in [-0.2, 0) is 4.79 Å². The maximum Gasteiger partial charge on any atom is 0.253 e. The van der Waals surface area contributed by atoms with Crippen LogP contribution in [0.15, 0.2) is 0 Å². The SMILES string of the molecule is CCC1(C)CCN(C(=O)C(C)(C)O)CC1. The van der Waals surface area contributed by atoms with Gasteiger partial charge in [-0.05, 0) is 32.1 Å². The minimum absolute atomic E-state index is 0.138. The summed E-state index contributed by atoms with van der Waals surface area (Å²) in [5.41, 5.74) is -0.837. The van der Waals surface area contributed by atoms with E-state index in [0.717, 1.165) is 32.4 Å². The van der Waals surface area contributed by atoms with Crippen LogP contribution in [0.3, 0.4) is 0 Å². The maximum absolute atomic E-state index is 11.8. The summed E-state index contributed by atoms with van der Waals surface area (Å²) in [5, 5.41) is 9.63. The van der Waals surface area contributed by atoms with Gasteiger partial charge in [0.25, 0.3) is 5.91 Å². The summed E-state index contributed by atoms with van der Waals surface area (Å²) in [6.07, 6.45) is 3.26. The van der Waals surface area contributed by atoms with Gasteiger partial charge in [0.15, 0.2) is 0 Å². The monoisotopic (exact) mass is 213 g/mol. The van der Waals surface area contributed by atoms with Gasteiger partial charge in [-0.15, -0.1) is 0 Å². The van der Waals surface area contributed by atoms with Gasteiger partial charge >= 0.3 is 0 Å². The van der Waals surface area contributed by atoms with E-state index in [0.29, 0.717) is 5.41 Å². The van der Waals surface area contributed by atoms with Crippen molar-refractivity contribution in [3.8, 4) is 0 Å². The molecule has 3 nitrogen and oxygen atoms in total. The molecule has 0 spiro atoms. The summed E-state index contributed by atoms with van der Waals surface area (Å²) >= 11 is 0. The molecular weight excluding hydrogens is 190 g/mol. The van der Waals surface area contributed by atoms with Crippen LogP contribution in [-0.4, -0.2) is 34.6 Å². The number of aliphatic hydroxyl groups is 1. The fraction of sp³-hybridized carbons (Fsp3) is 0.917. The molecule has 0 saturated carbocycles. The van der Waals surface area contributed by atoms with Gasteiger partial charge in [0.1, 0.15) is 5.60 Å². The Kier molecular flexibility index (Phi) is 3.44. The Morgan fingerprint density at radius 1 is 1.40 bits per heavy atom. The number of hydrogen-bond donors (Lipinski definition) is 1. The van der Waals surface area contributed by atoms with E-state index in [1.165, 1.54) is 0 Å². The molecule has 1 fully saturated rings. The average molecular weight is 213 g/mol. The molecule has 1 rings (SSSR count). The molecule has 1 amide bonds. The van der Waals surface area contributed by atoms with Gasteiger partial charge in [0, 0.05) is 13.1 Å². The lowest BCUT2D eigenvalue weighted by Gasteiger charge is -2.40. The third-order valence-electron chi connectivity index (χ3n) is 3.63. The molecule has 0 bridgehead atoms. The largest absolute Gasteiger partial charge is 0.381 e. The van der Waals surface area contributed by atoms with E-state index in [1.54, 1.807) is 18.7 Å². The lowest BCUT2D eigenvalue weighted by Crippen LogP contribution is -2.49. The molecule has 1 aliphatic heterocycles. The van der Waals surface area contributed by atoms with Crippen molar-refractivity contribution in [2.75, 3.05) is 13.1 Å². The molecule has 0 atom stereocenters. The molecule has 1 heterocycles. The minimum atomic E-state index is -1.22. The van der Waals surface area contributed by atoms with E-state index in [1.807, 2.05) is 0 Å². The highest BCUT2D eigenvalue weighted by Gasteiger charge is 2.35. The molecule has 1 N–H and O–H groups in total. The van der Waals surface area contributed by atoms with Crippen molar-refractivity contribution < 1.29 is 9.90 Å². The Labute approximate surface area is 92.5 Å². The highest BCUT2D eigenvalue weighted by Crippen LogP contribution is 2.34. The van der Waals surface area contributed by atoms with Gasteiger partial charge < -0.3 is 10.0 Å². The molecule has 0 radical (unpaired) electrons. The second kappa shape index (κ2) is 4.12. The average Bonchev–Trinajstić information content (AvgIpc) is 2.17. The maximum atomic E-state index is 11.8. The number of nitrogens with zero attached hydrogens (tertiary/aromatic N) is 1. The van der Waals surface area contributed by atoms with Gasteiger partial charge in [0.05, 0.1) is 0 Å². The molecule has 15 heavy (non-hydrogen) atoms. The van der Waals surface area contributed by atoms with E-state index < -0.39 is 5.60 Å². The molecular formula is C12H23NO2. The first-order valence-corrected chi connectivity index (χ1v) is 5.80. The number of rotatable bonds is 2. The predicted molar refractivity (Wildman–Crippen MR) is 60.5 cm³/mol. The number of amides is 1. The Morgan fingerprint density at radius 3 is 2.20 bits per heavy atom. The molecule has 3 heteroatoms. The summed E-state index contributed by atoms with van der Waals surface area (Å²) in [4.78, 5) is 13.6. The summed E-state index contributed by atoms with van der Waals surface area (Å²) in [6, 6.07) is 0. The van der Waals surface area contributed by atoms with Crippen molar-refractivity contribution in [2.45, 2.75) is 52.6 Å². The highest BCUT2D eigenvalue weighted by atomic mass is 16.3. The van der Waals surface area contributed by atoms with Gasteiger partial charge in [-0.2, -0.15) is 0 Å². The Balaban J connectivity index is 2.55. The zero-order valence-electron chi connectivity index (χ0n) is 10.3. The predicted octanol–water partition coefficient (Wildman–Crippen LogP) is 1.80. The molecule has 1 aliphatic rings. The van der Waals surface area contributed by atoms with Gasteiger partial charge in [-0.3, -0.25) is 4.79 Å². The second-order valence-electron chi connectivity index (χ2n) is 5.52. The van der Waals surface area contributed by atoms with Crippen LogP contribution in [0.1, 0.15) is 47.0 Å². The molecule has 0 aromatic carbocycles. The first kappa shape index (κ1) is 12.5. The molecule has 88 valence electrons. The topological polar surface area (TPSA) is 40.5 Å². The fourth-order valence-electron chi connectivity index (χ4n) is 1.99. The number of likely N-dealkylation sites (tertiary alicyclic amines) is 1. The summed E-state index contributed by atoms with van der Waals surface area (Å²) < 4.78 is 0. The normalized spacial score (nSPS) is 21.5. The van der Waals surface area contributed by atoms with Gasteiger partial charge in [-0.25, -0.2) is 0 Å². The van der Waals surface area contributed by atoms with Crippen LogP contribution >= 0.6 is 0 Å². The smallest absolute Gasteiger partial charge is 0.253 e. The fourth-order valence-corrected chi connectivity index (χ4v) is 1.99. The number of carbonyl (C=O) groups is 1. The zero-order chi connectivity index (χ0) is 11.7. The van der Waals surface area contributed by atoms with Crippen molar-refractivity contribution in [3.63, 3.8) is 0 Å². The van der Waals surface area contributed by atoms with E-state index >= 15 is 0 Å². The zero-order valence-corrected chi connectivity index (χ0v) is 10.3. The van der Waals surface area contributed by atoms with Crippen molar-refractivity contribution in [2.24, 2.45) is 5.41 Å². The number of hydrogen-bond acceptors (Lipinski definition) is 2. The standard InChI is InChI=1S/C12H23NO2/c1-5-12(4)6-8-13(9-7-12)10(14)11(2,3)15/h15H,5-9H2,1-4H3. The Morgan fingerprint density at radius 2 is 1.87 bits per heavy atom. The minimum Gasteiger partial charge on any atom is -0.381 e. The van der Waals surface area contributed by atoms with Crippen molar-refractivity contribution in [3.05, 3.63) is 0 Å². The van der Waals surface area contributed by atoms with Crippen LogP contribution in [0.4, 0.5) is 0 Å². The molecule has 0 aromatic rings. The van der Waals surface area contributed by atoms with E-state index in [4.69, 9.17) is 0 Å². The van der Waals surface area contributed by atoms with Gasteiger partial charge in [0.2, 0.25) is 0 Å². The van der Waals surface area contributed by atoms with Crippen LogP contribution < -0.4 is 0 Å². The van der Waals surface area contributed by atoms with E-state index in [2.05, 4.69) is 13.8 Å². The van der Waals surface area contributed by atoms with Crippen LogP contribution in [0.5, 0.6) is 0 Å². The van der Waals surface area contributed by atoms with Crippen molar-refractivity contribution >= 4 is 5.91 Å². The summed E-state index contributed by atoms with van der Waals surface area (Å²) in [6.45, 7) is 9.17. The highest BCUT2D eigenvalue weighted by molar-refractivity contribution is 5.84. The van der Waals surface area contributed by atoms with Crippen LogP contribution in [0.25, 0.3) is 0 Å². The quantitative estimate of drug-likeness (QED) is 0.760. The number of carbonyl (C=O) groups excluding carboxylic acids is 1. The summed E-state index contributed by atoms with van der Waals surface area (Å²) in [5.74, 6) is -0.138. The Bertz CT molecular complexity index is 234. The lowest BCUT2D eigenvalue weighted by molar-refractivity contribution is -0.150. The molecule has 0 aliphatic carbocycles. The Hall–Kier alpha value is -0.570. The van der Waals surface area contributed by atoms with Crippen molar-refractivity contribution in [1.82, 2.24) is 4.90 Å². The van der Waals surface area contributed by atoms with Gasteiger partial charge in [-0.1, -0.05) is 20.3 Å². The first-order chi connectivity index (χ1) is 6.78. The molecule has 1 saturated heterocycles. The summed E-state index contributed by atoms with van der Waals surface area (Å²) in [7, 11) is 0. The van der Waals surface area contributed by atoms with E-state index in [-0.39, 0.29) is 5.91 Å². The third kappa shape index (κ3) is 2.94. The molecule has 0 aromatic heterocycles. The van der Waals surface area contributed by atoms with Crippen LogP contribution in [0, 0.1) is 5.41 Å². The second-order valence-corrected chi connectivity index (χ2v) is 5.52. The third-order valence-corrected chi connectivity index (χ3v) is 3.63. The number of piperidine rings is 1. The lowest BCUT2D eigenvalue weighted by atomic mass is 9.78. The van der Waals surface area contributed by atoms with E-state index in [9.17, 15) is 9.90 Å². The van der Waals surface area contributed by atoms with Crippen LogP contribution in [0.2, 0.25) is 0 Å².